The molecule has 0 radical (unpaired) electrons. The van der Waals surface area contributed by atoms with E-state index in [0.717, 1.165) is 36.1 Å². The maximum atomic E-state index is 4.01. The highest BCUT2D eigenvalue weighted by molar-refractivity contribution is 5.58. The third kappa shape index (κ3) is 1.98. The largest absolute Gasteiger partial charge is 0.381 e. The molecule has 4 fully saturated rings. The highest BCUT2D eigenvalue weighted by atomic mass is 15.0. The monoisotopic (exact) mass is 269 g/mol. The zero-order valence-corrected chi connectivity index (χ0v) is 12.9. The first-order chi connectivity index (χ1) is 9.74. The lowest BCUT2D eigenvalue weighted by atomic mass is 9.54. The van der Waals surface area contributed by atoms with E-state index in [2.05, 4.69) is 37.4 Å². The van der Waals surface area contributed by atoms with Gasteiger partial charge in [-0.25, -0.2) is 0 Å². The average Bonchev–Trinajstić information content (AvgIpc) is 2.43. The summed E-state index contributed by atoms with van der Waals surface area (Å²) in [6, 6.07) is 7.52. The van der Waals surface area contributed by atoms with Gasteiger partial charge in [-0.15, -0.1) is 0 Å². The molecule has 1 nitrogen and oxygen atoms in total. The number of rotatable bonds is 3. The van der Waals surface area contributed by atoms with Gasteiger partial charge in [0, 0.05) is 11.7 Å². The molecule has 4 aliphatic carbocycles. The Kier molecular flexibility index (Phi) is 3.05. The summed E-state index contributed by atoms with van der Waals surface area (Å²) >= 11 is 0. The molecule has 0 saturated heterocycles. The maximum Gasteiger partial charge on any atom is 0.0404 e. The summed E-state index contributed by atoms with van der Waals surface area (Å²) in [5.41, 5.74) is 4.38. The molecule has 0 aromatic heterocycles. The third-order valence-electron chi connectivity index (χ3n) is 6.28. The third-order valence-corrected chi connectivity index (χ3v) is 6.28. The predicted molar refractivity (Wildman–Crippen MR) is 85.0 cm³/mol. The van der Waals surface area contributed by atoms with Gasteiger partial charge in [-0.2, -0.15) is 0 Å². The Labute approximate surface area is 123 Å². The van der Waals surface area contributed by atoms with Gasteiger partial charge < -0.3 is 5.32 Å². The van der Waals surface area contributed by atoms with E-state index in [-0.39, 0.29) is 0 Å². The molecule has 0 atom stereocenters. The maximum absolute atomic E-state index is 4.01. The number of para-hydroxylation sites is 1. The van der Waals surface area contributed by atoms with Crippen LogP contribution in [-0.4, -0.2) is 6.04 Å². The first-order valence-electron chi connectivity index (χ1n) is 8.59. The smallest absolute Gasteiger partial charge is 0.0404 e. The molecule has 4 aliphatic rings. The van der Waals surface area contributed by atoms with Crippen molar-refractivity contribution in [2.24, 2.45) is 23.7 Å². The van der Waals surface area contributed by atoms with Crippen molar-refractivity contribution in [3.8, 4) is 0 Å². The molecule has 108 valence electrons. The highest BCUT2D eigenvalue weighted by Gasteiger charge is 2.48. The molecule has 0 spiro atoms. The van der Waals surface area contributed by atoms with Gasteiger partial charge in [0.15, 0.2) is 0 Å². The zero-order chi connectivity index (χ0) is 13.7. The Hall–Kier alpha value is -0.980. The first kappa shape index (κ1) is 12.7. The number of benzene rings is 1. The predicted octanol–water partition coefficient (Wildman–Crippen LogP) is 4.79. The summed E-state index contributed by atoms with van der Waals surface area (Å²) in [6.45, 7) is 4.54. The summed E-state index contributed by atoms with van der Waals surface area (Å²) in [4.78, 5) is 0. The van der Waals surface area contributed by atoms with Crippen molar-refractivity contribution in [2.45, 2.75) is 58.4 Å². The van der Waals surface area contributed by atoms with Crippen LogP contribution >= 0.6 is 0 Å². The molecule has 1 heteroatoms. The standard InChI is InChI=1S/C19H27N/c1-3-15-6-4-5-12(2)18(15)20-19-16-8-13-7-14(10-16)11-17(19)9-13/h4-6,13-14,16-17,19-20H,3,7-11H2,1-2H3. The minimum absolute atomic E-state index is 0.759. The van der Waals surface area contributed by atoms with Crippen LogP contribution in [0.5, 0.6) is 0 Å². The molecule has 0 aliphatic heterocycles. The van der Waals surface area contributed by atoms with Crippen LogP contribution in [0.15, 0.2) is 18.2 Å². The Bertz CT molecular complexity index is 476. The van der Waals surface area contributed by atoms with Gasteiger partial charge in [0.1, 0.15) is 0 Å². The molecule has 0 heterocycles. The molecule has 1 aromatic carbocycles. The fraction of sp³-hybridized carbons (Fsp3) is 0.684. The molecule has 0 amide bonds. The molecule has 4 saturated carbocycles. The summed E-state index contributed by atoms with van der Waals surface area (Å²) in [5, 5.41) is 4.01. The normalized spacial score (nSPS) is 38.2. The van der Waals surface area contributed by atoms with Gasteiger partial charge >= 0.3 is 0 Å². The minimum Gasteiger partial charge on any atom is -0.381 e. The van der Waals surface area contributed by atoms with Crippen molar-refractivity contribution < 1.29 is 0 Å². The average molecular weight is 269 g/mol. The summed E-state index contributed by atoms with van der Waals surface area (Å²) in [5.74, 6) is 4.04. The minimum atomic E-state index is 0.759. The topological polar surface area (TPSA) is 12.0 Å². The van der Waals surface area contributed by atoms with Crippen molar-refractivity contribution in [1.82, 2.24) is 0 Å². The van der Waals surface area contributed by atoms with Crippen LogP contribution in [-0.2, 0) is 6.42 Å². The molecular weight excluding hydrogens is 242 g/mol. The molecule has 0 unspecified atom stereocenters. The van der Waals surface area contributed by atoms with Crippen LogP contribution in [0, 0.1) is 30.6 Å². The number of anilines is 1. The molecular formula is C19H27N. The van der Waals surface area contributed by atoms with Crippen molar-refractivity contribution >= 4 is 5.69 Å². The fourth-order valence-corrected chi connectivity index (χ4v) is 5.56. The van der Waals surface area contributed by atoms with Crippen LogP contribution in [0.25, 0.3) is 0 Å². The molecule has 1 N–H and O–H groups in total. The van der Waals surface area contributed by atoms with E-state index in [1.165, 1.54) is 42.5 Å². The number of hydrogen-bond donors (Lipinski definition) is 1. The van der Waals surface area contributed by atoms with Crippen molar-refractivity contribution in [2.75, 3.05) is 5.32 Å². The summed E-state index contributed by atoms with van der Waals surface area (Å²) in [6.07, 6.45) is 8.67. The van der Waals surface area contributed by atoms with E-state index in [9.17, 15) is 0 Å². The second-order valence-electron chi connectivity index (χ2n) is 7.56. The highest BCUT2D eigenvalue weighted by Crippen LogP contribution is 2.54. The van der Waals surface area contributed by atoms with Gasteiger partial charge in [-0.05, 0) is 80.2 Å². The van der Waals surface area contributed by atoms with E-state index < -0.39 is 0 Å². The van der Waals surface area contributed by atoms with Gasteiger partial charge in [0.25, 0.3) is 0 Å². The lowest BCUT2D eigenvalue weighted by Crippen LogP contribution is -2.51. The van der Waals surface area contributed by atoms with Gasteiger partial charge in [0.05, 0.1) is 0 Å². The van der Waals surface area contributed by atoms with E-state index in [1.807, 2.05) is 0 Å². The van der Waals surface area contributed by atoms with Crippen molar-refractivity contribution in [3.63, 3.8) is 0 Å². The molecule has 4 bridgehead atoms. The number of aryl methyl sites for hydroxylation is 2. The van der Waals surface area contributed by atoms with Gasteiger partial charge in [-0.1, -0.05) is 25.1 Å². The van der Waals surface area contributed by atoms with E-state index in [4.69, 9.17) is 0 Å². The van der Waals surface area contributed by atoms with E-state index >= 15 is 0 Å². The van der Waals surface area contributed by atoms with Crippen LogP contribution in [0.4, 0.5) is 5.69 Å². The Balaban J connectivity index is 1.60. The number of nitrogens with one attached hydrogen (secondary N) is 1. The Morgan fingerprint density at radius 2 is 1.65 bits per heavy atom. The van der Waals surface area contributed by atoms with Crippen LogP contribution in [0.2, 0.25) is 0 Å². The van der Waals surface area contributed by atoms with E-state index in [0.29, 0.717) is 0 Å². The molecule has 20 heavy (non-hydrogen) atoms. The Morgan fingerprint density at radius 1 is 1.00 bits per heavy atom. The Morgan fingerprint density at radius 3 is 2.25 bits per heavy atom. The number of hydrogen-bond acceptors (Lipinski definition) is 1. The molecule has 5 rings (SSSR count). The van der Waals surface area contributed by atoms with Crippen LogP contribution in [0.3, 0.4) is 0 Å². The van der Waals surface area contributed by atoms with Crippen LogP contribution < -0.4 is 5.32 Å². The van der Waals surface area contributed by atoms with Crippen LogP contribution in [0.1, 0.15) is 50.2 Å². The summed E-state index contributed by atoms with van der Waals surface area (Å²) < 4.78 is 0. The SMILES string of the molecule is CCc1cccc(C)c1NC1C2CC3CC(C2)CC1C3. The van der Waals surface area contributed by atoms with Crippen molar-refractivity contribution in [3.05, 3.63) is 29.3 Å². The lowest BCUT2D eigenvalue weighted by Gasteiger charge is -2.54. The lowest BCUT2D eigenvalue weighted by molar-refractivity contribution is 0.00750. The van der Waals surface area contributed by atoms with Gasteiger partial charge in [-0.3, -0.25) is 0 Å². The molecule has 1 aromatic rings. The summed E-state index contributed by atoms with van der Waals surface area (Å²) in [7, 11) is 0. The van der Waals surface area contributed by atoms with E-state index in [1.54, 1.807) is 6.42 Å². The van der Waals surface area contributed by atoms with Crippen molar-refractivity contribution in [1.29, 1.82) is 0 Å². The fourth-order valence-electron chi connectivity index (χ4n) is 5.56. The zero-order valence-electron chi connectivity index (χ0n) is 12.9. The van der Waals surface area contributed by atoms with Gasteiger partial charge in [0.2, 0.25) is 0 Å². The first-order valence-corrected chi connectivity index (χ1v) is 8.59. The second-order valence-corrected chi connectivity index (χ2v) is 7.56. The quantitative estimate of drug-likeness (QED) is 0.831. The second kappa shape index (κ2) is 4.79.